The molecule has 0 aliphatic heterocycles. The van der Waals surface area contributed by atoms with E-state index in [2.05, 4.69) is 45.5 Å². The van der Waals surface area contributed by atoms with Gasteiger partial charge in [-0.05, 0) is 42.5 Å². The standard InChI is InChI=1S/C13H20OS/c1-12(2,3)9-6-10(13(4,5)14)8-11(15)7-9/h6-8,14-15H,1-5H3. The summed E-state index contributed by atoms with van der Waals surface area (Å²) in [6.45, 7) is 10.1. The zero-order valence-corrected chi connectivity index (χ0v) is 11.0. The SMILES string of the molecule is CC(C)(C)c1cc(S)cc(C(C)(C)O)c1. The molecule has 1 aromatic carbocycles. The Morgan fingerprint density at radius 1 is 0.933 bits per heavy atom. The maximum atomic E-state index is 9.97. The van der Waals surface area contributed by atoms with Gasteiger partial charge in [-0.2, -0.15) is 0 Å². The van der Waals surface area contributed by atoms with Crippen LogP contribution in [-0.4, -0.2) is 5.11 Å². The summed E-state index contributed by atoms with van der Waals surface area (Å²) in [5, 5.41) is 9.97. The van der Waals surface area contributed by atoms with E-state index in [4.69, 9.17) is 0 Å². The minimum Gasteiger partial charge on any atom is -0.386 e. The average Bonchev–Trinajstić information content (AvgIpc) is 1.99. The minimum absolute atomic E-state index is 0.0821. The van der Waals surface area contributed by atoms with Crippen LogP contribution in [0.1, 0.15) is 45.7 Å². The van der Waals surface area contributed by atoms with Crippen molar-refractivity contribution in [1.29, 1.82) is 0 Å². The molecule has 1 aromatic rings. The van der Waals surface area contributed by atoms with Gasteiger partial charge in [0.25, 0.3) is 0 Å². The Kier molecular flexibility index (Phi) is 3.22. The van der Waals surface area contributed by atoms with Gasteiger partial charge in [-0.25, -0.2) is 0 Å². The van der Waals surface area contributed by atoms with Crippen molar-refractivity contribution in [3.8, 4) is 0 Å². The van der Waals surface area contributed by atoms with E-state index in [9.17, 15) is 5.11 Å². The van der Waals surface area contributed by atoms with E-state index in [1.54, 1.807) is 13.8 Å². The Morgan fingerprint density at radius 3 is 1.80 bits per heavy atom. The van der Waals surface area contributed by atoms with Crippen LogP contribution in [0.4, 0.5) is 0 Å². The molecule has 0 saturated carbocycles. The maximum Gasteiger partial charge on any atom is 0.0841 e. The summed E-state index contributed by atoms with van der Waals surface area (Å²) < 4.78 is 0. The molecule has 0 heterocycles. The van der Waals surface area contributed by atoms with Crippen molar-refractivity contribution in [1.82, 2.24) is 0 Å². The van der Waals surface area contributed by atoms with Crippen LogP contribution in [0.25, 0.3) is 0 Å². The van der Waals surface area contributed by atoms with Crippen LogP contribution < -0.4 is 0 Å². The van der Waals surface area contributed by atoms with E-state index in [0.29, 0.717) is 0 Å². The predicted octanol–water partition coefficient (Wildman–Crippen LogP) is 3.50. The second-order valence-corrected chi connectivity index (χ2v) is 6.09. The molecule has 0 spiro atoms. The van der Waals surface area contributed by atoms with Crippen LogP contribution >= 0.6 is 12.6 Å². The number of hydrogen-bond acceptors (Lipinski definition) is 2. The molecule has 0 bridgehead atoms. The maximum absolute atomic E-state index is 9.97. The first-order valence-corrected chi connectivity index (χ1v) is 5.63. The van der Waals surface area contributed by atoms with Gasteiger partial charge in [-0.3, -0.25) is 0 Å². The summed E-state index contributed by atoms with van der Waals surface area (Å²) in [6.07, 6.45) is 0. The molecule has 84 valence electrons. The Balaban J connectivity index is 3.30. The second kappa shape index (κ2) is 3.84. The van der Waals surface area contributed by atoms with E-state index in [0.717, 1.165) is 10.5 Å². The van der Waals surface area contributed by atoms with Gasteiger partial charge in [0, 0.05) is 4.90 Å². The van der Waals surface area contributed by atoms with E-state index in [-0.39, 0.29) is 5.41 Å². The fourth-order valence-corrected chi connectivity index (χ4v) is 1.68. The Hall–Kier alpha value is -0.470. The van der Waals surface area contributed by atoms with E-state index in [1.807, 2.05) is 6.07 Å². The van der Waals surface area contributed by atoms with Gasteiger partial charge in [0.2, 0.25) is 0 Å². The molecule has 15 heavy (non-hydrogen) atoms. The lowest BCUT2D eigenvalue weighted by molar-refractivity contribution is 0.0782. The molecule has 1 nitrogen and oxygen atoms in total. The zero-order chi connectivity index (χ0) is 11.9. The third-order valence-corrected chi connectivity index (χ3v) is 2.75. The van der Waals surface area contributed by atoms with Gasteiger partial charge in [-0.1, -0.05) is 26.8 Å². The molecule has 2 heteroatoms. The van der Waals surface area contributed by atoms with E-state index in [1.165, 1.54) is 5.56 Å². The van der Waals surface area contributed by atoms with E-state index < -0.39 is 5.60 Å². The normalized spacial score (nSPS) is 13.0. The number of hydrogen-bond donors (Lipinski definition) is 2. The highest BCUT2D eigenvalue weighted by Crippen LogP contribution is 2.30. The van der Waals surface area contributed by atoms with Gasteiger partial charge in [-0.15, -0.1) is 12.6 Å². The summed E-state index contributed by atoms with van der Waals surface area (Å²) >= 11 is 4.38. The molecule has 0 amide bonds. The molecule has 1 rings (SSSR count). The lowest BCUT2D eigenvalue weighted by Crippen LogP contribution is -2.18. The Bertz CT molecular complexity index is 324. The molecule has 0 aliphatic rings. The molecular weight excluding hydrogens is 204 g/mol. The highest BCUT2D eigenvalue weighted by molar-refractivity contribution is 7.80. The summed E-state index contributed by atoms with van der Waals surface area (Å²) in [5.41, 5.74) is 1.39. The molecule has 1 N–H and O–H groups in total. The van der Waals surface area contributed by atoms with Crippen LogP contribution in [0, 0.1) is 0 Å². The minimum atomic E-state index is -0.807. The molecule has 0 aliphatic carbocycles. The molecule has 0 atom stereocenters. The molecule has 0 unspecified atom stereocenters. The Morgan fingerprint density at radius 2 is 1.40 bits per heavy atom. The van der Waals surface area contributed by atoms with Gasteiger partial charge < -0.3 is 5.11 Å². The number of aliphatic hydroxyl groups is 1. The van der Waals surface area contributed by atoms with Crippen molar-refractivity contribution in [2.45, 2.75) is 50.5 Å². The summed E-state index contributed by atoms with van der Waals surface area (Å²) in [6, 6.07) is 6.02. The topological polar surface area (TPSA) is 20.2 Å². The number of benzene rings is 1. The summed E-state index contributed by atoms with van der Waals surface area (Å²) in [7, 11) is 0. The van der Waals surface area contributed by atoms with E-state index >= 15 is 0 Å². The van der Waals surface area contributed by atoms with Crippen molar-refractivity contribution in [3.63, 3.8) is 0 Å². The quantitative estimate of drug-likeness (QED) is 0.700. The van der Waals surface area contributed by atoms with Crippen molar-refractivity contribution >= 4 is 12.6 Å². The van der Waals surface area contributed by atoms with Crippen LogP contribution in [0.3, 0.4) is 0 Å². The molecule has 0 fully saturated rings. The van der Waals surface area contributed by atoms with Gasteiger partial charge in [0.15, 0.2) is 0 Å². The number of thiol groups is 1. The van der Waals surface area contributed by atoms with Crippen LogP contribution in [0.15, 0.2) is 23.1 Å². The van der Waals surface area contributed by atoms with Crippen molar-refractivity contribution in [3.05, 3.63) is 29.3 Å². The van der Waals surface area contributed by atoms with Gasteiger partial charge >= 0.3 is 0 Å². The number of rotatable bonds is 1. The van der Waals surface area contributed by atoms with Crippen LogP contribution in [0.5, 0.6) is 0 Å². The van der Waals surface area contributed by atoms with Crippen LogP contribution in [0.2, 0.25) is 0 Å². The fraction of sp³-hybridized carbons (Fsp3) is 0.538. The first-order chi connectivity index (χ1) is 6.60. The smallest absolute Gasteiger partial charge is 0.0841 e. The first-order valence-electron chi connectivity index (χ1n) is 5.18. The fourth-order valence-electron chi connectivity index (χ4n) is 1.40. The second-order valence-electron chi connectivity index (χ2n) is 5.58. The van der Waals surface area contributed by atoms with Gasteiger partial charge in [0.05, 0.1) is 5.60 Å². The molecule has 0 aromatic heterocycles. The zero-order valence-electron chi connectivity index (χ0n) is 10.1. The molecular formula is C13H20OS. The predicted molar refractivity (Wildman–Crippen MR) is 67.6 cm³/mol. The average molecular weight is 224 g/mol. The highest BCUT2D eigenvalue weighted by Gasteiger charge is 2.20. The summed E-state index contributed by atoms with van der Waals surface area (Å²) in [5.74, 6) is 0. The molecule has 0 radical (unpaired) electrons. The van der Waals surface area contributed by atoms with Crippen molar-refractivity contribution < 1.29 is 5.11 Å². The van der Waals surface area contributed by atoms with Crippen molar-refractivity contribution in [2.75, 3.05) is 0 Å². The first kappa shape index (κ1) is 12.6. The van der Waals surface area contributed by atoms with Gasteiger partial charge in [0.1, 0.15) is 0 Å². The largest absolute Gasteiger partial charge is 0.386 e. The monoisotopic (exact) mass is 224 g/mol. The summed E-state index contributed by atoms with van der Waals surface area (Å²) in [4.78, 5) is 0.902. The lowest BCUT2D eigenvalue weighted by atomic mass is 9.84. The Labute approximate surface area is 97.9 Å². The third kappa shape index (κ3) is 3.25. The molecule has 0 saturated heterocycles. The third-order valence-electron chi connectivity index (χ3n) is 2.49. The van der Waals surface area contributed by atoms with Crippen LogP contribution in [-0.2, 0) is 11.0 Å². The lowest BCUT2D eigenvalue weighted by Gasteiger charge is -2.24. The highest BCUT2D eigenvalue weighted by atomic mass is 32.1. The van der Waals surface area contributed by atoms with Crippen molar-refractivity contribution in [2.24, 2.45) is 0 Å².